The van der Waals surface area contributed by atoms with E-state index >= 15 is 0 Å². The van der Waals surface area contributed by atoms with Gasteiger partial charge in [0.2, 0.25) is 15.9 Å². The van der Waals surface area contributed by atoms with Gasteiger partial charge in [0, 0.05) is 44.5 Å². The third-order valence-electron chi connectivity index (χ3n) is 5.32. The summed E-state index contributed by atoms with van der Waals surface area (Å²) in [7, 11) is -2.10. The van der Waals surface area contributed by atoms with E-state index in [1.165, 1.54) is 11.2 Å². The molecular formula is C22H24N4O3S. The van der Waals surface area contributed by atoms with Gasteiger partial charge < -0.3 is 4.90 Å². The molecule has 2 heterocycles. The Labute approximate surface area is 176 Å². The summed E-state index contributed by atoms with van der Waals surface area (Å²) in [6.07, 6.45) is 5.09. The lowest BCUT2D eigenvalue weighted by Gasteiger charge is -2.29. The number of rotatable bonds is 5. The normalized spacial score (nSPS) is 14.0. The molecule has 0 spiro atoms. The topological polar surface area (TPSA) is 75.5 Å². The van der Waals surface area contributed by atoms with Gasteiger partial charge in [0.25, 0.3) is 0 Å². The summed E-state index contributed by atoms with van der Waals surface area (Å²) in [6.45, 7) is 2.41. The minimum Gasteiger partial charge on any atom is -0.312 e. The molecule has 3 aromatic rings. The molecule has 8 heteroatoms. The number of nitrogens with zero attached hydrogens (tertiary/aromatic N) is 4. The van der Waals surface area contributed by atoms with Crippen LogP contribution in [0.4, 0.5) is 5.69 Å². The lowest BCUT2D eigenvalue weighted by Crippen LogP contribution is -2.34. The van der Waals surface area contributed by atoms with E-state index in [2.05, 4.69) is 5.10 Å². The molecule has 2 aromatic carbocycles. The molecule has 0 unspecified atom stereocenters. The van der Waals surface area contributed by atoms with Crippen molar-refractivity contribution in [1.82, 2.24) is 14.1 Å². The number of carbonyl (C=O) groups is 1. The second kappa shape index (κ2) is 8.04. The molecule has 4 rings (SSSR count). The lowest BCUT2D eigenvalue weighted by atomic mass is 10.0. The van der Waals surface area contributed by atoms with E-state index in [0.29, 0.717) is 6.54 Å². The van der Waals surface area contributed by atoms with E-state index in [0.717, 1.165) is 35.3 Å². The van der Waals surface area contributed by atoms with Gasteiger partial charge in [-0.3, -0.25) is 4.79 Å². The molecule has 0 saturated carbocycles. The van der Waals surface area contributed by atoms with E-state index in [9.17, 15) is 13.2 Å². The summed E-state index contributed by atoms with van der Waals surface area (Å²) in [6, 6.07) is 14.7. The van der Waals surface area contributed by atoms with Gasteiger partial charge >= 0.3 is 0 Å². The average Bonchev–Trinajstić information content (AvgIpc) is 3.22. The molecular weight excluding hydrogens is 400 g/mol. The maximum Gasteiger partial charge on any atom is 0.243 e. The van der Waals surface area contributed by atoms with Crippen molar-refractivity contribution in [2.45, 2.75) is 31.2 Å². The molecule has 0 radical (unpaired) electrons. The monoisotopic (exact) mass is 424 g/mol. The molecule has 1 aliphatic rings. The van der Waals surface area contributed by atoms with Crippen LogP contribution < -0.4 is 4.90 Å². The summed E-state index contributed by atoms with van der Waals surface area (Å²) in [4.78, 5) is 13.8. The number of carbonyl (C=O) groups excluding carboxylic acids is 1. The van der Waals surface area contributed by atoms with Crippen LogP contribution in [0.15, 0.2) is 65.8 Å². The number of sulfonamides is 1. The van der Waals surface area contributed by atoms with Crippen molar-refractivity contribution in [1.29, 1.82) is 0 Å². The second-order valence-electron chi connectivity index (χ2n) is 7.45. The highest BCUT2D eigenvalue weighted by molar-refractivity contribution is 7.89. The number of para-hydroxylation sites is 1. The Hall–Kier alpha value is -2.97. The molecule has 1 amide bonds. The molecule has 30 heavy (non-hydrogen) atoms. The molecule has 0 N–H and O–H groups in total. The SMILES string of the molecule is CC(=O)N1CCCc2cc(S(=O)(=O)N(C)Cc3cnn(-c4ccccc4)c3)ccc21. The van der Waals surface area contributed by atoms with Crippen LogP contribution in [0.25, 0.3) is 5.69 Å². The summed E-state index contributed by atoms with van der Waals surface area (Å²) in [5, 5.41) is 4.33. The van der Waals surface area contributed by atoms with Crippen molar-refractivity contribution >= 4 is 21.6 Å². The molecule has 0 bridgehead atoms. The molecule has 0 saturated heterocycles. The van der Waals surface area contributed by atoms with Crippen molar-refractivity contribution in [3.63, 3.8) is 0 Å². The number of fused-ring (bicyclic) bond motifs is 1. The van der Waals surface area contributed by atoms with Gasteiger partial charge in [-0.2, -0.15) is 9.40 Å². The maximum atomic E-state index is 13.1. The lowest BCUT2D eigenvalue weighted by molar-refractivity contribution is -0.116. The number of hydrogen-bond acceptors (Lipinski definition) is 4. The Morgan fingerprint density at radius 1 is 1.17 bits per heavy atom. The van der Waals surface area contributed by atoms with Gasteiger partial charge in [0.05, 0.1) is 16.8 Å². The molecule has 1 aliphatic heterocycles. The number of aryl methyl sites for hydroxylation is 1. The van der Waals surface area contributed by atoms with Crippen LogP contribution in [-0.4, -0.2) is 42.0 Å². The van der Waals surface area contributed by atoms with Gasteiger partial charge in [-0.1, -0.05) is 18.2 Å². The molecule has 1 aromatic heterocycles. The molecule has 0 atom stereocenters. The van der Waals surface area contributed by atoms with E-state index in [-0.39, 0.29) is 17.3 Å². The Morgan fingerprint density at radius 2 is 1.93 bits per heavy atom. The number of amides is 1. The quantitative estimate of drug-likeness (QED) is 0.631. The van der Waals surface area contributed by atoms with E-state index in [4.69, 9.17) is 0 Å². The summed E-state index contributed by atoms with van der Waals surface area (Å²) >= 11 is 0. The fourth-order valence-electron chi connectivity index (χ4n) is 3.75. The first-order valence-electron chi connectivity index (χ1n) is 9.82. The highest BCUT2D eigenvalue weighted by Crippen LogP contribution is 2.30. The standard InChI is InChI=1S/C22H24N4O3S/c1-17(27)25-12-6-7-19-13-21(10-11-22(19)25)30(28,29)24(2)15-18-14-23-26(16-18)20-8-4-3-5-9-20/h3-5,8-11,13-14,16H,6-7,12,15H2,1-2H3. The Morgan fingerprint density at radius 3 is 2.67 bits per heavy atom. The van der Waals surface area contributed by atoms with Crippen molar-refractivity contribution in [3.05, 3.63) is 72.1 Å². The van der Waals surface area contributed by atoms with Crippen LogP contribution in [0.5, 0.6) is 0 Å². The first-order chi connectivity index (χ1) is 14.4. The number of anilines is 1. The third-order valence-corrected chi connectivity index (χ3v) is 7.12. The van der Waals surface area contributed by atoms with Crippen LogP contribution in [0.2, 0.25) is 0 Å². The van der Waals surface area contributed by atoms with Crippen LogP contribution >= 0.6 is 0 Å². The predicted molar refractivity (Wildman–Crippen MR) is 115 cm³/mol. The van der Waals surface area contributed by atoms with E-state index in [1.54, 1.807) is 41.0 Å². The Balaban J connectivity index is 1.55. The smallest absolute Gasteiger partial charge is 0.243 e. The maximum absolute atomic E-state index is 13.1. The van der Waals surface area contributed by atoms with Gasteiger partial charge in [0.15, 0.2) is 0 Å². The fraction of sp³-hybridized carbons (Fsp3) is 0.273. The first-order valence-corrected chi connectivity index (χ1v) is 11.3. The minimum atomic E-state index is -3.67. The number of aromatic nitrogens is 2. The Bertz CT molecular complexity index is 1170. The predicted octanol–water partition coefficient (Wildman–Crippen LogP) is 2.99. The largest absolute Gasteiger partial charge is 0.312 e. The van der Waals surface area contributed by atoms with Crippen molar-refractivity contribution < 1.29 is 13.2 Å². The van der Waals surface area contributed by atoms with Gasteiger partial charge in [-0.15, -0.1) is 0 Å². The molecule has 156 valence electrons. The highest BCUT2D eigenvalue weighted by atomic mass is 32.2. The average molecular weight is 425 g/mol. The van der Waals surface area contributed by atoms with E-state index in [1.807, 2.05) is 36.5 Å². The summed E-state index contributed by atoms with van der Waals surface area (Å²) in [5.74, 6) is -0.0286. The van der Waals surface area contributed by atoms with Crippen LogP contribution in [0.3, 0.4) is 0 Å². The van der Waals surface area contributed by atoms with Crippen molar-refractivity contribution in [2.75, 3.05) is 18.5 Å². The minimum absolute atomic E-state index is 0.0286. The van der Waals surface area contributed by atoms with Gasteiger partial charge in [-0.25, -0.2) is 13.1 Å². The zero-order chi connectivity index (χ0) is 21.3. The van der Waals surface area contributed by atoms with Crippen LogP contribution in [0, 0.1) is 0 Å². The van der Waals surface area contributed by atoms with Crippen LogP contribution in [0.1, 0.15) is 24.5 Å². The van der Waals surface area contributed by atoms with Gasteiger partial charge in [-0.05, 0) is 48.7 Å². The third kappa shape index (κ3) is 3.88. The number of hydrogen-bond donors (Lipinski definition) is 0. The second-order valence-corrected chi connectivity index (χ2v) is 9.50. The van der Waals surface area contributed by atoms with E-state index < -0.39 is 10.0 Å². The fourth-order valence-corrected chi connectivity index (χ4v) is 4.96. The van der Waals surface area contributed by atoms with Crippen molar-refractivity contribution in [2.24, 2.45) is 0 Å². The zero-order valence-electron chi connectivity index (χ0n) is 17.0. The first kappa shape index (κ1) is 20.3. The molecule has 7 nitrogen and oxygen atoms in total. The summed E-state index contributed by atoms with van der Waals surface area (Å²) < 4.78 is 29.3. The zero-order valence-corrected chi connectivity index (χ0v) is 17.8. The number of benzene rings is 2. The highest BCUT2D eigenvalue weighted by Gasteiger charge is 2.26. The Kier molecular flexibility index (Phi) is 5.44. The van der Waals surface area contributed by atoms with Crippen LogP contribution in [-0.2, 0) is 27.8 Å². The van der Waals surface area contributed by atoms with Gasteiger partial charge in [0.1, 0.15) is 0 Å². The molecule has 0 fully saturated rings. The molecule has 0 aliphatic carbocycles. The summed E-state index contributed by atoms with van der Waals surface area (Å²) in [5.41, 5.74) is 3.41. The van der Waals surface area contributed by atoms with Crippen molar-refractivity contribution in [3.8, 4) is 5.69 Å².